The van der Waals surface area contributed by atoms with Crippen molar-refractivity contribution in [3.8, 4) is 17.2 Å². The molecule has 0 atom stereocenters. The molecule has 0 saturated carbocycles. The van der Waals surface area contributed by atoms with Crippen molar-refractivity contribution in [3.63, 3.8) is 0 Å². The summed E-state index contributed by atoms with van der Waals surface area (Å²) < 4.78 is 21.0. The first-order valence-corrected chi connectivity index (χ1v) is 11.6. The van der Waals surface area contributed by atoms with Crippen LogP contribution in [0.25, 0.3) is 6.08 Å². The quantitative estimate of drug-likeness (QED) is 0.296. The van der Waals surface area contributed by atoms with Gasteiger partial charge in [-0.2, -0.15) is 0 Å². The maximum Gasteiger partial charge on any atom is 0.331 e. The Kier molecular flexibility index (Phi) is 9.94. The van der Waals surface area contributed by atoms with Crippen molar-refractivity contribution in [2.75, 3.05) is 34.5 Å². The van der Waals surface area contributed by atoms with Crippen molar-refractivity contribution in [3.05, 3.63) is 95.6 Å². The zero-order chi connectivity index (χ0) is 25.8. The van der Waals surface area contributed by atoms with E-state index in [-0.39, 0.29) is 18.4 Å². The van der Waals surface area contributed by atoms with Gasteiger partial charge >= 0.3 is 5.97 Å². The highest BCUT2D eigenvalue weighted by atomic mass is 16.5. The summed E-state index contributed by atoms with van der Waals surface area (Å²) in [6, 6.07) is 23.7. The van der Waals surface area contributed by atoms with E-state index in [2.05, 4.69) is 29.6 Å². The highest BCUT2D eigenvalue weighted by molar-refractivity contribution is 5.89. The summed E-state index contributed by atoms with van der Waals surface area (Å²) in [5.74, 6) is 0.645. The van der Waals surface area contributed by atoms with E-state index in [0.29, 0.717) is 35.8 Å². The Morgan fingerprint density at radius 2 is 1.36 bits per heavy atom. The molecule has 7 heteroatoms. The van der Waals surface area contributed by atoms with E-state index >= 15 is 0 Å². The van der Waals surface area contributed by atoms with Gasteiger partial charge in [-0.25, -0.2) is 4.79 Å². The third kappa shape index (κ3) is 7.37. The molecule has 0 spiro atoms. The summed E-state index contributed by atoms with van der Waals surface area (Å²) in [7, 11) is 4.56. The fourth-order valence-corrected chi connectivity index (χ4v) is 3.83. The summed E-state index contributed by atoms with van der Waals surface area (Å²) in [5, 5.41) is 2.84. The number of nitrogens with one attached hydrogen (secondary N) is 1. The van der Waals surface area contributed by atoms with Crippen LogP contribution in [-0.4, -0.2) is 46.4 Å². The fraction of sp³-hybridized carbons (Fsp3) is 0.241. The second kappa shape index (κ2) is 13.6. The molecule has 0 saturated heterocycles. The average Bonchev–Trinajstić information content (AvgIpc) is 2.93. The van der Waals surface area contributed by atoms with E-state index in [9.17, 15) is 9.59 Å². The van der Waals surface area contributed by atoms with E-state index in [4.69, 9.17) is 18.9 Å². The fourth-order valence-electron chi connectivity index (χ4n) is 3.83. The monoisotopic (exact) mass is 489 g/mol. The van der Waals surface area contributed by atoms with Crippen molar-refractivity contribution in [1.82, 2.24) is 5.32 Å². The van der Waals surface area contributed by atoms with Gasteiger partial charge in [-0.05, 0) is 29.7 Å². The minimum atomic E-state index is -0.645. The van der Waals surface area contributed by atoms with Gasteiger partial charge in [0.25, 0.3) is 5.91 Å². The first-order chi connectivity index (χ1) is 17.5. The minimum Gasteiger partial charge on any atom is -0.496 e. The predicted octanol–water partition coefficient (Wildman–Crippen LogP) is 4.61. The molecule has 3 aromatic carbocycles. The van der Waals surface area contributed by atoms with E-state index in [1.54, 1.807) is 12.1 Å². The van der Waals surface area contributed by atoms with Gasteiger partial charge in [-0.15, -0.1) is 0 Å². The molecule has 0 aliphatic rings. The van der Waals surface area contributed by atoms with Crippen molar-refractivity contribution in [2.24, 2.45) is 0 Å². The van der Waals surface area contributed by atoms with Crippen LogP contribution in [0.1, 0.15) is 29.0 Å². The van der Waals surface area contributed by atoms with Crippen molar-refractivity contribution in [2.45, 2.75) is 12.3 Å². The van der Waals surface area contributed by atoms with Crippen LogP contribution in [0.5, 0.6) is 17.2 Å². The second-order valence-corrected chi connectivity index (χ2v) is 7.90. The molecule has 0 unspecified atom stereocenters. The SMILES string of the molecule is COc1cc(OC)c(OC)cc1/C=C/C(=O)OCC(=O)NCCC(c1ccccc1)c1ccccc1. The van der Waals surface area contributed by atoms with Gasteiger partial charge in [0, 0.05) is 30.2 Å². The van der Waals surface area contributed by atoms with Crippen molar-refractivity contribution >= 4 is 18.0 Å². The van der Waals surface area contributed by atoms with Crippen LogP contribution in [0.3, 0.4) is 0 Å². The molecule has 1 amide bonds. The number of hydrogen-bond acceptors (Lipinski definition) is 6. The lowest BCUT2D eigenvalue weighted by Crippen LogP contribution is -2.30. The van der Waals surface area contributed by atoms with Gasteiger partial charge in [0.15, 0.2) is 18.1 Å². The van der Waals surface area contributed by atoms with E-state index in [0.717, 1.165) is 0 Å². The topological polar surface area (TPSA) is 83.1 Å². The molecule has 36 heavy (non-hydrogen) atoms. The Labute approximate surface area is 211 Å². The lowest BCUT2D eigenvalue weighted by atomic mass is 9.88. The number of hydrogen-bond donors (Lipinski definition) is 1. The minimum absolute atomic E-state index is 0.148. The molecule has 1 N–H and O–H groups in total. The number of esters is 1. The molecule has 0 radical (unpaired) electrons. The van der Waals surface area contributed by atoms with Crippen LogP contribution in [0.2, 0.25) is 0 Å². The standard InChI is InChI=1S/C29H31NO6/c1-33-25-19-27(35-3)26(34-2)18-23(25)14-15-29(32)36-20-28(31)30-17-16-24(21-10-6-4-7-11-21)22-12-8-5-9-13-22/h4-15,18-19,24H,16-17,20H2,1-3H3,(H,30,31)/b15-14+. The molecule has 188 valence electrons. The summed E-state index contributed by atoms with van der Waals surface area (Å²) in [6.45, 7) is 0.0805. The number of ether oxygens (including phenoxy) is 4. The second-order valence-electron chi connectivity index (χ2n) is 7.90. The van der Waals surface area contributed by atoms with Gasteiger partial charge in [0.2, 0.25) is 0 Å². The average molecular weight is 490 g/mol. The highest BCUT2D eigenvalue weighted by Gasteiger charge is 2.15. The molecule has 7 nitrogen and oxygen atoms in total. The van der Waals surface area contributed by atoms with Crippen LogP contribution in [0, 0.1) is 0 Å². The summed E-state index contributed by atoms with van der Waals surface area (Å²) in [5.41, 5.74) is 2.96. The lowest BCUT2D eigenvalue weighted by molar-refractivity contribution is -0.143. The van der Waals surface area contributed by atoms with Crippen LogP contribution < -0.4 is 19.5 Å². The van der Waals surface area contributed by atoms with E-state index in [1.807, 2.05) is 36.4 Å². The van der Waals surface area contributed by atoms with Gasteiger partial charge in [0.05, 0.1) is 21.3 Å². The van der Waals surface area contributed by atoms with Crippen LogP contribution in [0.4, 0.5) is 0 Å². The molecular formula is C29H31NO6. The van der Waals surface area contributed by atoms with Crippen LogP contribution in [-0.2, 0) is 14.3 Å². The molecule has 0 aromatic heterocycles. The molecule has 0 fully saturated rings. The summed E-state index contributed by atoms with van der Waals surface area (Å²) >= 11 is 0. The Morgan fingerprint density at radius 1 is 0.806 bits per heavy atom. The molecule has 3 aromatic rings. The highest BCUT2D eigenvalue weighted by Crippen LogP contribution is 2.35. The zero-order valence-electron chi connectivity index (χ0n) is 20.7. The molecular weight excluding hydrogens is 458 g/mol. The number of carbonyl (C=O) groups is 2. The van der Waals surface area contributed by atoms with Gasteiger partial charge in [-0.3, -0.25) is 4.79 Å². The van der Waals surface area contributed by atoms with Crippen LogP contribution >= 0.6 is 0 Å². The Hall–Kier alpha value is -4.26. The number of rotatable bonds is 12. The molecule has 0 aliphatic carbocycles. The first kappa shape index (κ1) is 26.3. The maximum absolute atomic E-state index is 12.3. The Morgan fingerprint density at radius 3 is 1.92 bits per heavy atom. The first-order valence-electron chi connectivity index (χ1n) is 11.6. The Bertz CT molecular complexity index is 1120. The summed E-state index contributed by atoms with van der Waals surface area (Å²) in [4.78, 5) is 24.4. The summed E-state index contributed by atoms with van der Waals surface area (Å²) in [6.07, 6.45) is 3.48. The maximum atomic E-state index is 12.3. The van der Waals surface area contributed by atoms with Gasteiger partial charge in [-0.1, -0.05) is 60.7 Å². The van der Waals surface area contributed by atoms with Crippen molar-refractivity contribution in [1.29, 1.82) is 0 Å². The third-order valence-electron chi connectivity index (χ3n) is 5.64. The normalized spacial score (nSPS) is 10.8. The smallest absolute Gasteiger partial charge is 0.331 e. The molecule has 0 heterocycles. The molecule has 0 bridgehead atoms. The van der Waals surface area contributed by atoms with E-state index in [1.165, 1.54) is 44.6 Å². The number of carbonyl (C=O) groups excluding carboxylic acids is 2. The van der Waals surface area contributed by atoms with Gasteiger partial charge in [0.1, 0.15) is 5.75 Å². The third-order valence-corrected chi connectivity index (χ3v) is 5.64. The predicted molar refractivity (Wildman–Crippen MR) is 138 cm³/mol. The van der Waals surface area contributed by atoms with Gasteiger partial charge < -0.3 is 24.3 Å². The largest absolute Gasteiger partial charge is 0.496 e. The van der Waals surface area contributed by atoms with E-state index < -0.39 is 5.97 Å². The molecule has 3 rings (SSSR count). The number of methoxy groups -OCH3 is 3. The van der Waals surface area contributed by atoms with Crippen LogP contribution in [0.15, 0.2) is 78.9 Å². The Balaban J connectivity index is 1.51. The lowest BCUT2D eigenvalue weighted by Gasteiger charge is -2.18. The number of benzene rings is 3. The van der Waals surface area contributed by atoms with Crippen molar-refractivity contribution < 1.29 is 28.5 Å². The number of amides is 1. The molecule has 0 aliphatic heterocycles. The zero-order valence-corrected chi connectivity index (χ0v) is 20.7.